The van der Waals surface area contributed by atoms with Gasteiger partial charge in [-0.05, 0) is 44.9 Å². The monoisotopic (exact) mass is 410 g/mol. The van der Waals surface area contributed by atoms with Gasteiger partial charge in [0.1, 0.15) is 11.1 Å². The van der Waals surface area contributed by atoms with Crippen LogP contribution in [-0.4, -0.2) is 11.6 Å². The average molecular weight is 410 g/mol. The molecule has 3 aromatic carbocycles. The molecule has 0 aliphatic carbocycles. The summed E-state index contributed by atoms with van der Waals surface area (Å²) in [5, 5.41) is 0.445. The van der Waals surface area contributed by atoms with Gasteiger partial charge in [-0.2, -0.15) is 0 Å². The first-order valence-electron chi connectivity index (χ1n) is 10.1. The standard InChI is InChI=1S/C27H22O4/c1-15-9-11-19(17(3)13-15)25(28)23-21-7-5-6-8-22(21)31-27(30)24(23)26(29)20-12-10-16(2)14-18(20)4/h5-14H,1-4H3. The number of rotatable bonds is 4. The topological polar surface area (TPSA) is 64.3 Å². The predicted molar refractivity (Wildman–Crippen MR) is 121 cm³/mol. The summed E-state index contributed by atoms with van der Waals surface area (Å²) in [5.41, 5.74) is 3.71. The molecule has 0 atom stereocenters. The number of fused-ring (bicyclic) bond motifs is 1. The van der Waals surface area contributed by atoms with Crippen LogP contribution in [0.15, 0.2) is 69.9 Å². The fourth-order valence-corrected chi connectivity index (χ4v) is 4.00. The van der Waals surface area contributed by atoms with Gasteiger partial charge < -0.3 is 4.42 Å². The van der Waals surface area contributed by atoms with Crippen molar-refractivity contribution in [3.05, 3.63) is 116 Å². The second-order valence-corrected chi connectivity index (χ2v) is 7.93. The number of hydrogen-bond donors (Lipinski definition) is 0. The average Bonchev–Trinajstić information content (AvgIpc) is 2.72. The van der Waals surface area contributed by atoms with Crippen LogP contribution in [0.3, 0.4) is 0 Å². The Bertz CT molecular complexity index is 1420. The highest BCUT2D eigenvalue weighted by Gasteiger charge is 2.28. The molecule has 0 spiro atoms. The van der Waals surface area contributed by atoms with E-state index < -0.39 is 11.4 Å². The SMILES string of the molecule is Cc1ccc(C(=O)c2c(C(=O)c3ccc(C)cc3C)c3ccccc3oc2=O)c(C)c1. The smallest absolute Gasteiger partial charge is 0.348 e. The number of para-hydroxylation sites is 1. The Balaban J connectivity index is 2.04. The van der Waals surface area contributed by atoms with E-state index in [0.717, 1.165) is 22.3 Å². The Morgan fingerprint density at radius 1 is 0.677 bits per heavy atom. The molecule has 0 N–H and O–H groups in total. The van der Waals surface area contributed by atoms with E-state index in [2.05, 4.69) is 0 Å². The van der Waals surface area contributed by atoms with E-state index in [1.54, 1.807) is 36.4 Å². The molecule has 0 bridgehead atoms. The number of hydrogen-bond acceptors (Lipinski definition) is 4. The number of carbonyl (C=O) groups is 2. The summed E-state index contributed by atoms with van der Waals surface area (Å²) >= 11 is 0. The molecule has 31 heavy (non-hydrogen) atoms. The van der Waals surface area contributed by atoms with E-state index in [9.17, 15) is 14.4 Å². The van der Waals surface area contributed by atoms with Crippen molar-refractivity contribution in [2.24, 2.45) is 0 Å². The Hall–Kier alpha value is -3.79. The van der Waals surface area contributed by atoms with Crippen LogP contribution >= 0.6 is 0 Å². The lowest BCUT2D eigenvalue weighted by atomic mass is 9.89. The molecule has 1 heterocycles. The van der Waals surface area contributed by atoms with Crippen molar-refractivity contribution in [3.63, 3.8) is 0 Å². The summed E-state index contributed by atoms with van der Waals surface area (Å²) in [6, 6.07) is 17.7. The maximum absolute atomic E-state index is 13.7. The van der Waals surface area contributed by atoms with E-state index >= 15 is 0 Å². The normalized spacial score (nSPS) is 11.0. The summed E-state index contributed by atoms with van der Waals surface area (Å²) in [7, 11) is 0. The van der Waals surface area contributed by atoms with Crippen molar-refractivity contribution in [2.75, 3.05) is 0 Å². The van der Waals surface area contributed by atoms with Crippen molar-refractivity contribution < 1.29 is 14.0 Å². The molecule has 0 saturated carbocycles. The van der Waals surface area contributed by atoms with Gasteiger partial charge in [0.25, 0.3) is 0 Å². The van der Waals surface area contributed by atoms with Crippen LogP contribution in [0, 0.1) is 27.7 Å². The Morgan fingerprint density at radius 3 is 1.74 bits per heavy atom. The molecule has 0 aliphatic rings. The second kappa shape index (κ2) is 7.80. The van der Waals surface area contributed by atoms with E-state index in [1.807, 2.05) is 52.0 Å². The van der Waals surface area contributed by atoms with Gasteiger partial charge in [0.05, 0.1) is 5.56 Å². The Kier molecular flexibility index (Phi) is 5.15. The van der Waals surface area contributed by atoms with Crippen molar-refractivity contribution in [3.8, 4) is 0 Å². The van der Waals surface area contributed by atoms with Crippen molar-refractivity contribution in [1.29, 1.82) is 0 Å². The van der Waals surface area contributed by atoms with Crippen LogP contribution in [0.2, 0.25) is 0 Å². The molecule has 4 aromatic rings. The van der Waals surface area contributed by atoms with Gasteiger partial charge in [-0.1, -0.05) is 65.7 Å². The minimum absolute atomic E-state index is 0.0868. The molecule has 4 rings (SSSR count). The minimum Gasteiger partial charge on any atom is -0.422 e. The zero-order valence-corrected chi connectivity index (χ0v) is 17.9. The molecular formula is C27H22O4. The first kappa shape index (κ1) is 20.5. The highest BCUT2D eigenvalue weighted by Crippen LogP contribution is 2.27. The summed E-state index contributed by atoms with van der Waals surface area (Å²) in [4.78, 5) is 40.2. The zero-order chi connectivity index (χ0) is 22.3. The van der Waals surface area contributed by atoms with Crippen LogP contribution in [0.25, 0.3) is 11.0 Å². The predicted octanol–water partition coefficient (Wildman–Crippen LogP) is 5.49. The maximum Gasteiger partial charge on any atom is 0.348 e. The number of ketones is 2. The largest absolute Gasteiger partial charge is 0.422 e. The molecule has 4 nitrogen and oxygen atoms in total. The van der Waals surface area contributed by atoms with Gasteiger partial charge in [0.2, 0.25) is 5.78 Å². The van der Waals surface area contributed by atoms with Gasteiger partial charge in [-0.3, -0.25) is 9.59 Å². The van der Waals surface area contributed by atoms with Crippen LogP contribution in [-0.2, 0) is 0 Å². The van der Waals surface area contributed by atoms with E-state index in [-0.39, 0.29) is 22.5 Å². The fraction of sp³-hybridized carbons (Fsp3) is 0.148. The molecule has 0 fully saturated rings. The lowest BCUT2D eigenvalue weighted by Crippen LogP contribution is -2.22. The third-order valence-corrected chi connectivity index (χ3v) is 5.52. The summed E-state index contributed by atoms with van der Waals surface area (Å²) in [6.45, 7) is 7.54. The highest BCUT2D eigenvalue weighted by molar-refractivity contribution is 6.24. The van der Waals surface area contributed by atoms with Gasteiger partial charge in [0, 0.05) is 16.5 Å². The van der Waals surface area contributed by atoms with Gasteiger partial charge in [-0.25, -0.2) is 4.79 Å². The number of aryl methyl sites for hydroxylation is 4. The summed E-state index contributed by atoms with van der Waals surface area (Å²) in [6.07, 6.45) is 0. The first-order valence-corrected chi connectivity index (χ1v) is 10.1. The first-order chi connectivity index (χ1) is 14.8. The molecule has 0 amide bonds. The minimum atomic E-state index is -0.809. The molecule has 1 aromatic heterocycles. The van der Waals surface area contributed by atoms with Crippen molar-refractivity contribution in [1.82, 2.24) is 0 Å². The molecule has 154 valence electrons. The van der Waals surface area contributed by atoms with Gasteiger partial charge >= 0.3 is 5.63 Å². The highest BCUT2D eigenvalue weighted by atomic mass is 16.4. The Labute approximate surface area is 180 Å². The van der Waals surface area contributed by atoms with Gasteiger partial charge in [0.15, 0.2) is 5.78 Å². The third kappa shape index (κ3) is 3.61. The molecule has 0 radical (unpaired) electrons. The molecule has 0 unspecified atom stereocenters. The van der Waals surface area contributed by atoms with Crippen molar-refractivity contribution in [2.45, 2.75) is 27.7 Å². The number of benzene rings is 3. The van der Waals surface area contributed by atoms with Gasteiger partial charge in [-0.15, -0.1) is 0 Å². The van der Waals surface area contributed by atoms with Crippen LogP contribution < -0.4 is 5.63 Å². The summed E-state index contributed by atoms with van der Waals surface area (Å²) < 4.78 is 5.45. The molecular weight excluding hydrogens is 388 g/mol. The molecule has 4 heteroatoms. The van der Waals surface area contributed by atoms with Crippen molar-refractivity contribution >= 4 is 22.5 Å². The van der Waals surface area contributed by atoms with Crippen LogP contribution in [0.4, 0.5) is 0 Å². The summed E-state index contributed by atoms with van der Waals surface area (Å²) in [5.74, 6) is -0.875. The lowest BCUT2D eigenvalue weighted by Gasteiger charge is -2.13. The lowest BCUT2D eigenvalue weighted by molar-refractivity contribution is 0.100. The zero-order valence-electron chi connectivity index (χ0n) is 17.9. The fourth-order valence-electron chi connectivity index (χ4n) is 4.00. The van der Waals surface area contributed by atoms with E-state index in [0.29, 0.717) is 16.5 Å². The Morgan fingerprint density at radius 2 is 1.19 bits per heavy atom. The maximum atomic E-state index is 13.7. The van der Waals surface area contributed by atoms with E-state index in [1.165, 1.54) is 0 Å². The number of carbonyl (C=O) groups excluding carboxylic acids is 2. The van der Waals surface area contributed by atoms with Crippen LogP contribution in [0.1, 0.15) is 54.1 Å². The second-order valence-electron chi connectivity index (χ2n) is 7.93. The van der Waals surface area contributed by atoms with Crippen LogP contribution in [0.5, 0.6) is 0 Å². The molecule has 0 aliphatic heterocycles. The third-order valence-electron chi connectivity index (χ3n) is 5.52. The molecule has 0 saturated heterocycles. The quantitative estimate of drug-likeness (QED) is 0.330. The van der Waals surface area contributed by atoms with E-state index in [4.69, 9.17) is 4.42 Å².